The predicted molar refractivity (Wildman–Crippen MR) is 163 cm³/mol. The van der Waals surface area contributed by atoms with Gasteiger partial charge in [0.15, 0.2) is 17.3 Å². The van der Waals surface area contributed by atoms with Crippen molar-refractivity contribution >= 4 is 38.4 Å². The molecule has 2 bridgehead atoms. The number of hydrogen-bond donors (Lipinski definition) is 1. The average molecular weight is 671 g/mol. The molecule has 3 fully saturated rings. The molecule has 15 heteroatoms. The number of nitrogens with zero attached hydrogens (tertiary/aromatic N) is 5. The Balaban J connectivity index is 1.42. The van der Waals surface area contributed by atoms with Crippen LogP contribution < -0.4 is 5.32 Å². The summed E-state index contributed by atoms with van der Waals surface area (Å²) in [6.45, 7) is 3.67. The number of pyridine rings is 1. The molecule has 0 unspecified atom stereocenters. The summed E-state index contributed by atoms with van der Waals surface area (Å²) < 4.78 is 92.2. The van der Waals surface area contributed by atoms with Gasteiger partial charge >= 0.3 is 12.1 Å². The zero-order valence-corrected chi connectivity index (χ0v) is 26.1. The fourth-order valence-corrected chi connectivity index (χ4v) is 8.42. The summed E-state index contributed by atoms with van der Waals surface area (Å²) in [5, 5.41) is 7.57. The summed E-state index contributed by atoms with van der Waals surface area (Å²) in [5.74, 6) is -2.15. The SMILES string of the molecule is CCOC(=O)[C@@H]1C2CCC(CC2)[C@H]1Nc1nc(-c2cn(S(=O)(=O)c3ccc(C)cc3)c3ncc(F)cc23)nn2ccc(C(F)(F)F)c12. The molecule has 1 aromatic carbocycles. The van der Waals surface area contributed by atoms with Gasteiger partial charge in [-0.1, -0.05) is 17.7 Å². The number of halogens is 4. The molecule has 3 saturated carbocycles. The van der Waals surface area contributed by atoms with Crippen molar-refractivity contribution in [2.24, 2.45) is 17.8 Å². The number of hydrogen-bond acceptors (Lipinski definition) is 8. The van der Waals surface area contributed by atoms with Gasteiger partial charge in [-0.25, -0.2) is 31.3 Å². The number of carbonyl (C=O) groups is 1. The third-order valence-electron chi connectivity index (χ3n) is 9.30. The first-order chi connectivity index (χ1) is 22.4. The quantitative estimate of drug-likeness (QED) is 0.160. The molecule has 2 atom stereocenters. The smallest absolute Gasteiger partial charge is 0.418 e. The lowest BCUT2D eigenvalue weighted by Gasteiger charge is -2.47. The fraction of sp³-hybridized carbons (Fsp3) is 0.375. The minimum absolute atomic E-state index is 0.00163. The first-order valence-electron chi connectivity index (χ1n) is 15.3. The highest BCUT2D eigenvalue weighted by Gasteiger charge is 2.48. The maximum atomic E-state index is 14.6. The van der Waals surface area contributed by atoms with Crippen LogP contribution in [0.1, 0.15) is 43.7 Å². The number of rotatable bonds is 7. The van der Waals surface area contributed by atoms with Crippen LogP contribution in [0.4, 0.5) is 23.4 Å². The van der Waals surface area contributed by atoms with Crippen LogP contribution in [0, 0.1) is 30.5 Å². The van der Waals surface area contributed by atoms with Gasteiger partial charge in [0.1, 0.15) is 11.3 Å². The Morgan fingerprint density at radius 3 is 2.47 bits per heavy atom. The number of carbonyl (C=O) groups excluding carboxylic acids is 1. The zero-order valence-electron chi connectivity index (χ0n) is 25.3. The Morgan fingerprint density at radius 2 is 1.79 bits per heavy atom. The second-order valence-corrected chi connectivity index (χ2v) is 13.9. The van der Waals surface area contributed by atoms with Crippen LogP contribution >= 0.6 is 0 Å². The molecule has 3 aliphatic carbocycles. The van der Waals surface area contributed by atoms with Gasteiger partial charge in [-0.15, -0.1) is 5.10 Å². The number of aryl methyl sites for hydroxylation is 1. The lowest BCUT2D eigenvalue weighted by atomic mass is 9.61. The summed E-state index contributed by atoms with van der Waals surface area (Å²) in [6, 6.07) is 7.52. The first kappa shape index (κ1) is 31.1. The average Bonchev–Trinajstić information content (AvgIpc) is 3.64. The summed E-state index contributed by atoms with van der Waals surface area (Å²) >= 11 is 0. The Morgan fingerprint density at radius 1 is 1.09 bits per heavy atom. The van der Waals surface area contributed by atoms with Gasteiger partial charge in [0, 0.05) is 29.4 Å². The molecule has 8 rings (SSSR count). The monoisotopic (exact) mass is 670 g/mol. The maximum Gasteiger partial charge on any atom is 0.418 e. The van der Waals surface area contributed by atoms with Crippen LogP contribution in [-0.4, -0.2) is 50.6 Å². The lowest BCUT2D eigenvalue weighted by Crippen LogP contribution is -2.52. The molecule has 47 heavy (non-hydrogen) atoms. The second-order valence-electron chi connectivity index (χ2n) is 12.1. The van der Waals surface area contributed by atoms with E-state index >= 15 is 0 Å². The normalized spacial score (nSPS) is 21.4. The Hall–Kier alpha value is -4.53. The van der Waals surface area contributed by atoms with Crippen molar-refractivity contribution in [2.75, 3.05) is 11.9 Å². The second kappa shape index (κ2) is 11.3. The van der Waals surface area contributed by atoms with Crippen LogP contribution in [0.15, 0.2) is 59.9 Å². The van der Waals surface area contributed by atoms with Crippen molar-refractivity contribution in [1.82, 2.24) is 23.6 Å². The number of aromatic nitrogens is 5. The van der Waals surface area contributed by atoms with Crippen LogP contribution in [0.2, 0.25) is 0 Å². The van der Waals surface area contributed by atoms with E-state index in [2.05, 4.69) is 20.4 Å². The van der Waals surface area contributed by atoms with E-state index in [9.17, 15) is 30.8 Å². The maximum absolute atomic E-state index is 14.6. The molecular weight excluding hydrogens is 640 g/mol. The molecule has 0 radical (unpaired) electrons. The van der Waals surface area contributed by atoms with Crippen LogP contribution in [0.3, 0.4) is 0 Å². The molecule has 0 amide bonds. The molecule has 1 N–H and O–H groups in total. The highest BCUT2D eigenvalue weighted by Crippen LogP contribution is 2.47. The van der Waals surface area contributed by atoms with Gasteiger partial charge < -0.3 is 10.1 Å². The standard InChI is InChI=1S/C32H30F4N6O4S/c1-3-46-31(43)25-18-6-8-19(9-7-18)26(25)38-29-27-24(32(34,35)36)12-13-41(27)40-28(39-29)23-16-42(30-22(23)14-20(33)15-37-30)47(44,45)21-10-4-17(2)5-11-21/h4-5,10-16,18-19,25-26H,3,6-9H2,1-2H3,(H,38,39,40)/t18?,19?,25-,26-/m1/s1. The summed E-state index contributed by atoms with van der Waals surface area (Å²) in [4.78, 5) is 21.7. The minimum atomic E-state index is -4.76. The van der Waals surface area contributed by atoms with Crippen molar-refractivity contribution in [3.8, 4) is 11.4 Å². The largest absolute Gasteiger partial charge is 0.466 e. The van der Waals surface area contributed by atoms with E-state index < -0.39 is 45.5 Å². The van der Waals surface area contributed by atoms with Crippen molar-refractivity contribution < 1.29 is 35.5 Å². The third-order valence-corrected chi connectivity index (χ3v) is 11.0. The van der Waals surface area contributed by atoms with Gasteiger partial charge in [-0.2, -0.15) is 13.2 Å². The summed E-state index contributed by atoms with van der Waals surface area (Å²) in [5.41, 5.74) is -0.592. The van der Waals surface area contributed by atoms with Crippen LogP contribution in [0.5, 0.6) is 0 Å². The van der Waals surface area contributed by atoms with Gasteiger partial charge in [-0.05, 0) is 75.6 Å². The Labute approximate surface area is 266 Å². The number of nitrogens with one attached hydrogen (secondary N) is 1. The van der Waals surface area contributed by atoms with E-state index in [1.165, 1.54) is 18.3 Å². The van der Waals surface area contributed by atoms with Crippen molar-refractivity contribution in [3.63, 3.8) is 0 Å². The van der Waals surface area contributed by atoms with E-state index in [0.717, 1.165) is 64.3 Å². The number of benzene rings is 1. The molecule has 0 aliphatic heterocycles. The summed E-state index contributed by atoms with van der Waals surface area (Å²) in [6.07, 6.45) is 1.63. The lowest BCUT2D eigenvalue weighted by molar-refractivity contribution is -0.154. The van der Waals surface area contributed by atoms with Crippen molar-refractivity contribution in [1.29, 1.82) is 0 Å². The highest BCUT2D eigenvalue weighted by molar-refractivity contribution is 7.90. The highest BCUT2D eigenvalue weighted by atomic mass is 32.2. The van der Waals surface area contributed by atoms with E-state index in [4.69, 9.17) is 4.74 Å². The zero-order chi connectivity index (χ0) is 33.2. The third kappa shape index (κ3) is 5.29. The molecular formula is C32H30F4N6O4S. The molecule has 0 saturated heterocycles. The van der Waals surface area contributed by atoms with Gasteiger partial charge in [-0.3, -0.25) is 4.79 Å². The Kier molecular flexibility index (Phi) is 7.49. The molecule has 10 nitrogen and oxygen atoms in total. The molecule has 4 heterocycles. The van der Waals surface area contributed by atoms with Gasteiger partial charge in [0.25, 0.3) is 10.0 Å². The Bertz CT molecular complexity index is 2120. The van der Waals surface area contributed by atoms with Gasteiger partial charge in [0.05, 0.1) is 29.2 Å². The molecule has 4 aromatic heterocycles. The topological polar surface area (TPSA) is 120 Å². The number of anilines is 1. The fourth-order valence-electron chi connectivity index (χ4n) is 7.10. The van der Waals surface area contributed by atoms with E-state index in [0.29, 0.717) is 0 Å². The van der Waals surface area contributed by atoms with E-state index in [-0.39, 0.29) is 57.1 Å². The van der Waals surface area contributed by atoms with Crippen molar-refractivity contribution in [3.05, 3.63) is 71.9 Å². The predicted octanol–water partition coefficient (Wildman–Crippen LogP) is 6.23. The molecule has 5 aromatic rings. The molecule has 3 aliphatic rings. The van der Waals surface area contributed by atoms with Crippen molar-refractivity contribution in [2.45, 2.75) is 56.6 Å². The van der Waals surface area contributed by atoms with Crippen LogP contribution in [-0.2, 0) is 25.7 Å². The van der Waals surface area contributed by atoms with Gasteiger partial charge in [0.2, 0.25) is 0 Å². The van der Waals surface area contributed by atoms with Crippen LogP contribution in [0.25, 0.3) is 27.9 Å². The summed E-state index contributed by atoms with van der Waals surface area (Å²) in [7, 11) is -4.25. The number of esters is 1. The number of fused-ring (bicyclic) bond motifs is 5. The number of alkyl halides is 3. The first-order valence-corrected chi connectivity index (χ1v) is 16.7. The van der Waals surface area contributed by atoms with E-state index in [1.54, 1.807) is 19.1 Å². The van der Waals surface area contributed by atoms with E-state index in [1.807, 2.05) is 6.92 Å². The molecule has 246 valence electrons. The number of ether oxygens (including phenoxy) is 1. The molecule has 0 spiro atoms. The minimum Gasteiger partial charge on any atom is -0.466 e.